The summed E-state index contributed by atoms with van der Waals surface area (Å²) >= 11 is 2.07. The molecule has 0 spiro atoms. The van der Waals surface area contributed by atoms with Crippen molar-refractivity contribution < 1.29 is 0 Å². The third-order valence-corrected chi connectivity index (χ3v) is 5.30. The average Bonchev–Trinajstić information content (AvgIpc) is 2.17. The minimum atomic E-state index is -0.800. The summed E-state index contributed by atoms with van der Waals surface area (Å²) in [6.45, 7) is 7.36. The van der Waals surface area contributed by atoms with Crippen LogP contribution in [-0.2, 0) is 5.75 Å². The molecule has 0 fully saturated rings. The molecule has 0 saturated heterocycles. The van der Waals surface area contributed by atoms with Gasteiger partial charge in [-0.2, -0.15) is 11.8 Å². The third kappa shape index (κ3) is 6.80. The lowest BCUT2D eigenvalue weighted by atomic mass is 10.2. The lowest BCUT2D eigenvalue weighted by Crippen LogP contribution is -2.18. The molecule has 0 nitrogen and oxygen atoms in total. The molecule has 84 valence electrons. The molecule has 2 heteroatoms. The van der Waals surface area contributed by atoms with Gasteiger partial charge in [0, 0.05) is 13.8 Å². The topological polar surface area (TPSA) is 0 Å². The fourth-order valence-corrected chi connectivity index (χ4v) is 3.88. The molecule has 0 radical (unpaired) electrons. The van der Waals surface area contributed by atoms with Crippen molar-refractivity contribution in [2.45, 2.75) is 37.9 Å². The van der Waals surface area contributed by atoms with Gasteiger partial charge in [0.15, 0.2) is 0 Å². The minimum Gasteiger partial charge on any atom is -0.157 e. The Hall–Kier alpha value is -0.213. The van der Waals surface area contributed by atoms with Gasteiger partial charge in [-0.1, -0.05) is 56.0 Å². The molecule has 0 aliphatic rings. The van der Waals surface area contributed by atoms with Crippen molar-refractivity contribution in [3.05, 3.63) is 35.9 Å². The van der Waals surface area contributed by atoms with E-state index < -0.39 is 8.07 Å². The van der Waals surface area contributed by atoms with Gasteiger partial charge in [0.2, 0.25) is 0 Å². The summed E-state index contributed by atoms with van der Waals surface area (Å²) in [5.41, 5.74) is 1.45. The standard InChI is InChI=1S/C13H22SSi/c1-15(2,3)11-7-10-14-12-13-8-5-4-6-9-13/h4-6,8-9H,7,10-12H2,1-3H3. The van der Waals surface area contributed by atoms with E-state index >= 15 is 0 Å². The Morgan fingerprint density at radius 2 is 1.73 bits per heavy atom. The van der Waals surface area contributed by atoms with Crippen molar-refractivity contribution in [1.82, 2.24) is 0 Å². The van der Waals surface area contributed by atoms with E-state index in [9.17, 15) is 0 Å². The molecular formula is C13H22SSi. The molecule has 0 saturated carbocycles. The van der Waals surface area contributed by atoms with E-state index in [4.69, 9.17) is 0 Å². The van der Waals surface area contributed by atoms with Crippen LogP contribution in [0.3, 0.4) is 0 Å². The van der Waals surface area contributed by atoms with Crippen molar-refractivity contribution in [3.8, 4) is 0 Å². The molecule has 0 heterocycles. The SMILES string of the molecule is C[Si](C)(C)CCCSCc1ccccc1. The maximum absolute atomic E-state index is 2.45. The first-order valence-corrected chi connectivity index (χ1v) is 10.6. The molecule has 15 heavy (non-hydrogen) atoms. The highest BCUT2D eigenvalue weighted by Crippen LogP contribution is 2.17. The monoisotopic (exact) mass is 238 g/mol. The first kappa shape index (κ1) is 12.9. The molecule has 1 aromatic rings. The van der Waals surface area contributed by atoms with Crippen LogP contribution in [0.1, 0.15) is 12.0 Å². The second-order valence-corrected chi connectivity index (χ2v) is 11.9. The van der Waals surface area contributed by atoms with Gasteiger partial charge in [0.1, 0.15) is 0 Å². The Kier molecular flexibility index (Phi) is 5.47. The molecule has 0 aliphatic heterocycles. The van der Waals surface area contributed by atoms with Crippen LogP contribution in [0, 0.1) is 0 Å². The van der Waals surface area contributed by atoms with Crippen LogP contribution >= 0.6 is 11.8 Å². The summed E-state index contributed by atoms with van der Waals surface area (Å²) in [5.74, 6) is 2.49. The molecule has 0 unspecified atom stereocenters. The van der Waals surface area contributed by atoms with Crippen LogP contribution < -0.4 is 0 Å². The van der Waals surface area contributed by atoms with Gasteiger partial charge in [0.05, 0.1) is 0 Å². The van der Waals surface area contributed by atoms with Crippen molar-refractivity contribution in [2.75, 3.05) is 5.75 Å². The molecule has 1 aromatic carbocycles. The molecule has 1 rings (SSSR count). The lowest BCUT2D eigenvalue weighted by Gasteiger charge is -2.14. The number of thioether (sulfide) groups is 1. The van der Waals surface area contributed by atoms with Crippen molar-refractivity contribution in [2.24, 2.45) is 0 Å². The fourth-order valence-electron chi connectivity index (χ4n) is 1.47. The highest BCUT2D eigenvalue weighted by atomic mass is 32.2. The van der Waals surface area contributed by atoms with Gasteiger partial charge in [-0.05, 0) is 17.7 Å². The maximum Gasteiger partial charge on any atom is 0.0442 e. The Bertz CT molecular complexity index is 264. The van der Waals surface area contributed by atoms with E-state index in [-0.39, 0.29) is 0 Å². The predicted octanol–water partition coefficient (Wildman–Crippen LogP) is 4.65. The zero-order valence-electron chi connectivity index (χ0n) is 10.1. The highest BCUT2D eigenvalue weighted by molar-refractivity contribution is 7.98. The summed E-state index contributed by atoms with van der Waals surface area (Å²) < 4.78 is 0. The summed E-state index contributed by atoms with van der Waals surface area (Å²) in [6, 6.07) is 12.2. The Labute approximate surface area is 99.5 Å². The Morgan fingerprint density at radius 3 is 2.33 bits per heavy atom. The van der Waals surface area contributed by atoms with E-state index in [2.05, 4.69) is 61.7 Å². The fraction of sp³-hybridized carbons (Fsp3) is 0.538. The Morgan fingerprint density at radius 1 is 1.07 bits per heavy atom. The first-order valence-electron chi connectivity index (χ1n) is 5.70. The van der Waals surface area contributed by atoms with E-state index in [0.717, 1.165) is 0 Å². The van der Waals surface area contributed by atoms with Crippen LogP contribution in [0.2, 0.25) is 25.7 Å². The first-order chi connectivity index (χ1) is 7.08. The van der Waals surface area contributed by atoms with E-state index in [1.807, 2.05) is 0 Å². The molecule has 0 aromatic heterocycles. The summed E-state index contributed by atoms with van der Waals surface area (Å²) in [7, 11) is -0.800. The van der Waals surface area contributed by atoms with Gasteiger partial charge in [0.25, 0.3) is 0 Å². The minimum absolute atomic E-state index is 0.800. The van der Waals surface area contributed by atoms with Crippen molar-refractivity contribution in [1.29, 1.82) is 0 Å². The van der Waals surface area contributed by atoms with E-state index in [0.29, 0.717) is 0 Å². The van der Waals surface area contributed by atoms with Gasteiger partial charge in [-0.15, -0.1) is 0 Å². The summed E-state index contributed by atoms with van der Waals surface area (Å²) in [5, 5.41) is 0. The van der Waals surface area contributed by atoms with Crippen LogP contribution in [0.15, 0.2) is 30.3 Å². The molecule has 0 bridgehead atoms. The van der Waals surface area contributed by atoms with Gasteiger partial charge in [-0.25, -0.2) is 0 Å². The van der Waals surface area contributed by atoms with E-state index in [1.54, 1.807) is 0 Å². The van der Waals surface area contributed by atoms with Crippen LogP contribution in [0.4, 0.5) is 0 Å². The van der Waals surface area contributed by atoms with Gasteiger partial charge < -0.3 is 0 Å². The van der Waals surface area contributed by atoms with Gasteiger partial charge in [-0.3, -0.25) is 0 Å². The van der Waals surface area contributed by atoms with Crippen molar-refractivity contribution >= 4 is 19.8 Å². The number of hydrogen-bond acceptors (Lipinski definition) is 1. The third-order valence-electron chi connectivity index (χ3n) is 2.33. The zero-order chi connectivity index (χ0) is 11.1. The highest BCUT2D eigenvalue weighted by Gasteiger charge is 2.11. The van der Waals surface area contributed by atoms with Crippen molar-refractivity contribution in [3.63, 3.8) is 0 Å². The van der Waals surface area contributed by atoms with E-state index in [1.165, 1.54) is 29.5 Å². The smallest absolute Gasteiger partial charge is 0.0442 e. The predicted molar refractivity (Wildman–Crippen MR) is 75.4 cm³/mol. The number of benzene rings is 1. The molecule has 0 amide bonds. The number of rotatable bonds is 6. The lowest BCUT2D eigenvalue weighted by molar-refractivity contribution is 1.06. The van der Waals surface area contributed by atoms with Crippen LogP contribution in [-0.4, -0.2) is 13.8 Å². The molecule has 0 N–H and O–H groups in total. The normalized spacial score (nSPS) is 11.7. The molecule has 0 aliphatic carbocycles. The maximum atomic E-state index is 2.45. The second-order valence-electron chi connectivity index (χ2n) is 5.20. The quantitative estimate of drug-likeness (QED) is 0.513. The Balaban J connectivity index is 2.08. The second kappa shape index (κ2) is 6.39. The average molecular weight is 238 g/mol. The van der Waals surface area contributed by atoms with Crippen LogP contribution in [0.25, 0.3) is 0 Å². The molecular weight excluding hydrogens is 216 g/mol. The van der Waals surface area contributed by atoms with Crippen LogP contribution in [0.5, 0.6) is 0 Å². The summed E-state index contributed by atoms with van der Waals surface area (Å²) in [4.78, 5) is 0. The number of hydrogen-bond donors (Lipinski definition) is 0. The van der Waals surface area contributed by atoms with Gasteiger partial charge >= 0.3 is 0 Å². The zero-order valence-corrected chi connectivity index (χ0v) is 11.9. The molecule has 0 atom stereocenters. The summed E-state index contributed by atoms with van der Waals surface area (Å²) in [6.07, 6.45) is 1.40. The largest absolute Gasteiger partial charge is 0.157 e.